The highest BCUT2D eigenvalue weighted by atomic mass is 35.5. The number of aromatic nitrogens is 10. The first-order chi connectivity index (χ1) is 62.1. The maximum absolute atomic E-state index is 12.4. The molecule has 0 saturated heterocycles. The molecular formula is C108H110ClN15O5. The number of amides is 5. The fourth-order valence-corrected chi connectivity index (χ4v) is 14.7. The Hall–Kier alpha value is -14.8. The van der Waals surface area contributed by atoms with E-state index in [9.17, 15) is 24.0 Å². The van der Waals surface area contributed by atoms with E-state index in [1.165, 1.54) is 38.9 Å². The van der Waals surface area contributed by atoms with Gasteiger partial charge in [-0.25, -0.2) is 4.98 Å². The van der Waals surface area contributed by atoms with Crippen molar-refractivity contribution in [3.63, 3.8) is 0 Å². The van der Waals surface area contributed by atoms with E-state index in [0.717, 1.165) is 122 Å². The summed E-state index contributed by atoms with van der Waals surface area (Å²) in [6, 6.07) is 73.1. The normalized spacial score (nSPS) is 11.8. The topological polar surface area (TPSA) is 274 Å². The highest BCUT2D eigenvalue weighted by Crippen LogP contribution is 2.30. The van der Waals surface area contributed by atoms with Gasteiger partial charge in [-0.05, 0) is 323 Å². The number of nitrogens with zero attached hydrogens (tertiary/aromatic N) is 10. The van der Waals surface area contributed by atoms with Crippen LogP contribution in [0, 0.1) is 55.4 Å². The Bertz CT molecular complexity index is 5700. The molecule has 0 radical (unpaired) electrons. The molecule has 654 valence electrons. The molecule has 15 rings (SSSR count). The van der Waals surface area contributed by atoms with Crippen molar-refractivity contribution in [2.24, 2.45) is 0 Å². The molecule has 20 nitrogen and oxygen atoms in total. The van der Waals surface area contributed by atoms with Crippen molar-refractivity contribution >= 4 is 69.6 Å². The van der Waals surface area contributed by atoms with Crippen LogP contribution in [0.25, 0.3) is 0 Å². The van der Waals surface area contributed by atoms with Crippen LogP contribution in [0.3, 0.4) is 0 Å². The van der Waals surface area contributed by atoms with Gasteiger partial charge in [0.2, 0.25) is 0 Å². The fourth-order valence-electron chi connectivity index (χ4n) is 14.5. The maximum Gasteiger partial charge on any atom is 0.257 e. The van der Waals surface area contributed by atoms with Crippen molar-refractivity contribution < 1.29 is 24.0 Å². The number of hydrogen-bond donors (Lipinski definition) is 5. The van der Waals surface area contributed by atoms with Crippen molar-refractivity contribution in [3.8, 4) is 0 Å². The summed E-state index contributed by atoms with van der Waals surface area (Å²) < 4.78 is 0. The number of anilines is 5. The Labute approximate surface area is 762 Å². The molecule has 5 atom stereocenters. The minimum absolute atomic E-state index is 0.145. The maximum atomic E-state index is 12.4. The highest BCUT2D eigenvalue weighted by molar-refractivity contribution is 6.29. The predicted molar refractivity (Wildman–Crippen MR) is 518 cm³/mol. The number of carbonyl (C=O) groups is 5. The van der Waals surface area contributed by atoms with Gasteiger partial charge in [-0.3, -0.25) is 68.8 Å². The molecule has 0 aliphatic rings. The zero-order chi connectivity index (χ0) is 91.7. The van der Waals surface area contributed by atoms with Gasteiger partial charge in [0.1, 0.15) is 5.15 Å². The molecule has 0 bridgehead atoms. The number of nitrogens with one attached hydrogen (secondary N) is 5. The molecule has 5 N–H and O–H groups in total. The number of benzene rings is 5. The first kappa shape index (κ1) is 94.9. The van der Waals surface area contributed by atoms with Crippen LogP contribution < -0.4 is 26.6 Å². The van der Waals surface area contributed by atoms with Gasteiger partial charge in [0.25, 0.3) is 29.5 Å². The van der Waals surface area contributed by atoms with Gasteiger partial charge in [-0.1, -0.05) is 137 Å². The van der Waals surface area contributed by atoms with Crippen molar-refractivity contribution in [1.82, 2.24) is 49.8 Å². The van der Waals surface area contributed by atoms with Crippen molar-refractivity contribution in [3.05, 3.63) is 445 Å². The molecular weight excluding hydrogens is 1620 g/mol. The molecule has 5 amide bonds. The van der Waals surface area contributed by atoms with Crippen LogP contribution in [0.15, 0.2) is 311 Å². The van der Waals surface area contributed by atoms with Crippen LogP contribution >= 0.6 is 11.6 Å². The first-order valence-electron chi connectivity index (χ1n) is 43.1. The SMILES string of the molecule is Cc1cncc(C(=O)Nc2cccc([C@H](C)Cc3cccc(C)n3)c2)c1.Cc1cncc(C(=O)Nc2cccc([C@H](C)Cc3cccc(C)n3)c2)c1.Cc1cncc(C(=O)Nc2cccc([C@H](C)Cc3cccc(Cl)n3)c2)c1.Cc1cncc(C(=O)Nc2cccc([C@H](C)Cc3cccnc3)c2)c1.Cc1cncc(C[C@@H](C)c2cccc(NC(=O)c3cncc(C)c3)c2)c1. The first-order valence-corrected chi connectivity index (χ1v) is 43.4. The number of pyridine rings is 10. The summed E-state index contributed by atoms with van der Waals surface area (Å²) in [5.74, 6) is 0.780. The van der Waals surface area contributed by atoms with Crippen LogP contribution in [0.2, 0.25) is 5.15 Å². The third-order valence-electron chi connectivity index (χ3n) is 21.2. The molecule has 0 saturated carbocycles. The number of rotatable bonds is 25. The Kier molecular flexibility index (Phi) is 35.0. The zero-order valence-electron chi connectivity index (χ0n) is 75.3. The van der Waals surface area contributed by atoms with E-state index >= 15 is 0 Å². The van der Waals surface area contributed by atoms with E-state index in [2.05, 4.69) is 173 Å². The van der Waals surface area contributed by atoms with Gasteiger partial charge in [-0.15, -0.1) is 0 Å². The van der Waals surface area contributed by atoms with Crippen LogP contribution in [0.4, 0.5) is 28.4 Å². The lowest BCUT2D eigenvalue weighted by Gasteiger charge is -2.14. The summed E-state index contributed by atoms with van der Waals surface area (Å²) >= 11 is 5.96. The number of hydrogen-bond acceptors (Lipinski definition) is 15. The molecule has 0 spiro atoms. The van der Waals surface area contributed by atoms with E-state index in [0.29, 0.717) is 56.6 Å². The van der Waals surface area contributed by atoms with Crippen molar-refractivity contribution in [2.45, 2.75) is 152 Å². The molecule has 0 aliphatic carbocycles. The standard InChI is InChI=1S/3C22H23N3O.C21H20ClN3O.C21H21N3O/c2*1-15-10-19(14-23-13-15)22(26)25-21-9-5-7-18(12-21)16(2)11-20-8-4-6-17(3)24-20;1-15-7-18(13-23-11-15)9-17(3)19-5-4-6-21(10-19)25-22(26)20-8-16(2)12-24-14-20;1-14-9-17(13-23-12-14)21(26)25-19-6-3-5-16(11-19)15(2)10-18-7-4-8-20(22)24-18;1-15-9-19(14-23-12-15)21(25)24-20-7-3-6-18(11-20)16(2)10-17-5-4-8-22-13-17/h2*4-10,12-14,16H,11H2,1-3H3,(H,25,26);4-8,10-14,17H,9H2,1-3H3,(H,25,26);3-9,11-13,15H,10H2,1-2H3,(H,25,26);3-9,11-14,16H,10H2,1-2H3,(H,24,25)/t2*16-;17-;15-;16-/m11111/s1. The molecule has 0 unspecified atom stereocenters. The van der Waals surface area contributed by atoms with Crippen molar-refractivity contribution in [2.75, 3.05) is 26.6 Å². The van der Waals surface area contributed by atoms with E-state index in [4.69, 9.17) is 11.6 Å². The Morgan fingerprint density at radius 1 is 0.256 bits per heavy atom. The zero-order valence-corrected chi connectivity index (χ0v) is 76.0. The molecule has 10 aromatic heterocycles. The van der Waals surface area contributed by atoms with Crippen LogP contribution in [-0.2, 0) is 32.1 Å². The van der Waals surface area contributed by atoms with Crippen molar-refractivity contribution in [1.29, 1.82) is 0 Å². The lowest BCUT2D eigenvalue weighted by Crippen LogP contribution is -2.12. The second-order valence-corrected chi connectivity index (χ2v) is 33.3. The average Bonchev–Trinajstić information content (AvgIpc) is 0.858. The van der Waals surface area contributed by atoms with E-state index in [1.54, 1.807) is 74.2 Å². The van der Waals surface area contributed by atoms with Gasteiger partial charge >= 0.3 is 0 Å². The summed E-state index contributed by atoms with van der Waals surface area (Å²) in [6.07, 6.45) is 28.3. The minimum Gasteiger partial charge on any atom is -0.322 e. The Balaban J connectivity index is 0.000000156. The van der Waals surface area contributed by atoms with E-state index < -0.39 is 0 Å². The largest absolute Gasteiger partial charge is 0.322 e. The Morgan fingerprint density at radius 3 is 0.783 bits per heavy atom. The number of carbonyl (C=O) groups excluding carboxylic acids is 5. The number of halogens is 1. The van der Waals surface area contributed by atoms with Gasteiger partial charge in [0.05, 0.1) is 27.8 Å². The highest BCUT2D eigenvalue weighted by Gasteiger charge is 2.19. The predicted octanol–water partition coefficient (Wildman–Crippen LogP) is 23.5. The molecule has 5 aromatic carbocycles. The lowest BCUT2D eigenvalue weighted by atomic mass is 9.94. The third kappa shape index (κ3) is 30.8. The summed E-state index contributed by atoms with van der Waals surface area (Å²) in [5.41, 5.74) is 26.2. The molecule has 129 heavy (non-hydrogen) atoms. The quantitative estimate of drug-likeness (QED) is 0.0333. The average molecular weight is 1730 g/mol. The second-order valence-electron chi connectivity index (χ2n) is 32.9. The van der Waals surface area contributed by atoms with Gasteiger partial charge in [0.15, 0.2) is 0 Å². The van der Waals surface area contributed by atoms with Crippen LogP contribution in [-0.4, -0.2) is 79.4 Å². The third-order valence-corrected chi connectivity index (χ3v) is 21.4. The van der Waals surface area contributed by atoms with Gasteiger partial charge in [0, 0.05) is 144 Å². The summed E-state index contributed by atoms with van der Waals surface area (Å²) in [6.45, 7) is 26.5. The van der Waals surface area contributed by atoms with E-state index in [-0.39, 0.29) is 35.5 Å². The Morgan fingerprint density at radius 2 is 0.512 bits per heavy atom. The van der Waals surface area contributed by atoms with Gasteiger partial charge < -0.3 is 26.6 Å². The van der Waals surface area contributed by atoms with Gasteiger partial charge in [-0.2, -0.15) is 0 Å². The number of aryl methyl sites for hydroxylation is 8. The monoisotopic (exact) mass is 1730 g/mol. The molecule has 0 aliphatic heterocycles. The van der Waals surface area contributed by atoms with E-state index in [1.807, 2.05) is 231 Å². The van der Waals surface area contributed by atoms with Crippen LogP contribution in [0.5, 0.6) is 0 Å². The molecule has 21 heteroatoms. The molecule has 10 heterocycles. The molecule has 0 fully saturated rings. The fraction of sp³-hybridized carbons (Fsp3) is 0.213. The molecule has 15 aromatic rings. The summed E-state index contributed by atoms with van der Waals surface area (Å²) in [7, 11) is 0. The lowest BCUT2D eigenvalue weighted by molar-refractivity contribution is 0.101. The summed E-state index contributed by atoms with van der Waals surface area (Å²) in [5, 5.41) is 15.3. The second kappa shape index (κ2) is 47.5. The van der Waals surface area contributed by atoms with Crippen LogP contribution in [0.1, 0.15) is 217 Å². The minimum atomic E-state index is -0.164. The smallest absolute Gasteiger partial charge is 0.257 e. The summed E-state index contributed by atoms with van der Waals surface area (Å²) in [4.78, 5) is 104.